The van der Waals surface area contributed by atoms with Gasteiger partial charge in [-0.3, -0.25) is 0 Å². The van der Waals surface area contributed by atoms with Crippen molar-refractivity contribution >= 4 is 28.9 Å². The molecule has 0 spiro atoms. The zero-order chi connectivity index (χ0) is 10.1. The highest BCUT2D eigenvalue weighted by atomic mass is 35.5. The minimum Gasteiger partial charge on any atom is -0.391 e. The SMILES string of the molecule is OC1CCN(c2cc(Cl)nnc2Cl)C1. The van der Waals surface area contributed by atoms with Crippen LogP contribution in [0.2, 0.25) is 10.3 Å². The van der Waals surface area contributed by atoms with Gasteiger partial charge in [-0.2, -0.15) is 0 Å². The first-order valence-corrected chi connectivity index (χ1v) is 5.04. The molecule has 14 heavy (non-hydrogen) atoms. The fraction of sp³-hybridized carbons (Fsp3) is 0.500. The average Bonchev–Trinajstić information content (AvgIpc) is 2.56. The Hall–Kier alpha value is -0.580. The van der Waals surface area contributed by atoms with Crippen LogP contribution in [-0.4, -0.2) is 34.5 Å². The molecule has 1 saturated heterocycles. The van der Waals surface area contributed by atoms with Crippen LogP contribution < -0.4 is 4.90 Å². The maximum absolute atomic E-state index is 9.37. The van der Waals surface area contributed by atoms with E-state index in [1.807, 2.05) is 4.90 Å². The number of halogens is 2. The molecule has 1 aliphatic rings. The largest absolute Gasteiger partial charge is 0.391 e. The molecule has 76 valence electrons. The molecule has 0 aromatic carbocycles. The number of aliphatic hydroxyl groups is 1. The van der Waals surface area contributed by atoms with Crippen LogP contribution in [0, 0.1) is 0 Å². The summed E-state index contributed by atoms with van der Waals surface area (Å²) >= 11 is 11.6. The Morgan fingerprint density at radius 2 is 2.21 bits per heavy atom. The predicted molar refractivity (Wildman–Crippen MR) is 54.9 cm³/mol. The molecule has 1 aromatic heterocycles. The van der Waals surface area contributed by atoms with Gasteiger partial charge in [-0.05, 0) is 6.42 Å². The van der Waals surface area contributed by atoms with Gasteiger partial charge >= 0.3 is 0 Å². The highest BCUT2D eigenvalue weighted by Crippen LogP contribution is 2.28. The molecule has 1 aromatic rings. The van der Waals surface area contributed by atoms with Gasteiger partial charge in [-0.1, -0.05) is 23.2 Å². The van der Waals surface area contributed by atoms with Crippen LogP contribution in [0.3, 0.4) is 0 Å². The molecule has 1 fully saturated rings. The summed E-state index contributed by atoms with van der Waals surface area (Å²) in [5, 5.41) is 17.3. The summed E-state index contributed by atoms with van der Waals surface area (Å²) in [7, 11) is 0. The lowest BCUT2D eigenvalue weighted by Crippen LogP contribution is -2.21. The van der Waals surface area contributed by atoms with Crippen molar-refractivity contribution in [2.24, 2.45) is 0 Å². The van der Waals surface area contributed by atoms with E-state index in [2.05, 4.69) is 10.2 Å². The minimum absolute atomic E-state index is 0.294. The number of nitrogens with zero attached hydrogens (tertiary/aromatic N) is 3. The molecule has 6 heteroatoms. The standard InChI is InChI=1S/C8H9Cl2N3O/c9-7-3-6(8(10)12-11-7)13-2-1-5(14)4-13/h3,5,14H,1-2,4H2. The van der Waals surface area contributed by atoms with Gasteiger partial charge in [0.2, 0.25) is 0 Å². The van der Waals surface area contributed by atoms with Crippen molar-refractivity contribution in [3.8, 4) is 0 Å². The average molecular weight is 234 g/mol. The second-order valence-electron chi connectivity index (χ2n) is 3.23. The second-order valence-corrected chi connectivity index (χ2v) is 3.98. The van der Waals surface area contributed by atoms with Crippen molar-refractivity contribution in [3.05, 3.63) is 16.4 Å². The number of aliphatic hydroxyl groups excluding tert-OH is 1. The number of aromatic nitrogens is 2. The van der Waals surface area contributed by atoms with Gasteiger partial charge in [0.1, 0.15) is 0 Å². The fourth-order valence-electron chi connectivity index (χ4n) is 1.53. The molecule has 0 saturated carbocycles. The third-order valence-electron chi connectivity index (χ3n) is 2.20. The van der Waals surface area contributed by atoms with Crippen molar-refractivity contribution in [1.82, 2.24) is 10.2 Å². The Balaban J connectivity index is 2.27. The van der Waals surface area contributed by atoms with Crippen molar-refractivity contribution in [2.45, 2.75) is 12.5 Å². The number of hydrogen-bond acceptors (Lipinski definition) is 4. The lowest BCUT2D eigenvalue weighted by molar-refractivity contribution is 0.198. The van der Waals surface area contributed by atoms with Crippen LogP contribution in [0.15, 0.2) is 6.07 Å². The molecular weight excluding hydrogens is 225 g/mol. The normalized spacial score (nSPS) is 21.6. The zero-order valence-corrected chi connectivity index (χ0v) is 8.83. The fourth-order valence-corrected chi connectivity index (χ4v) is 1.88. The Labute approximate surface area is 91.5 Å². The molecule has 4 nitrogen and oxygen atoms in total. The zero-order valence-electron chi connectivity index (χ0n) is 7.32. The first-order chi connectivity index (χ1) is 6.66. The van der Waals surface area contributed by atoms with E-state index in [1.54, 1.807) is 6.07 Å². The molecule has 1 N–H and O–H groups in total. The minimum atomic E-state index is -0.294. The van der Waals surface area contributed by atoms with E-state index in [0.717, 1.165) is 18.7 Å². The highest BCUT2D eigenvalue weighted by Gasteiger charge is 2.22. The third kappa shape index (κ3) is 1.92. The van der Waals surface area contributed by atoms with Crippen LogP contribution in [-0.2, 0) is 0 Å². The Morgan fingerprint density at radius 1 is 1.43 bits per heavy atom. The van der Waals surface area contributed by atoms with E-state index in [9.17, 15) is 5.11 Å². The molecule has 1 aliphatic heterocycles. The second kappa shape index (κ2) is 3.88. The quantitative estimate of drug-likeness (QED) is 0.796. The molecule has 0 bridgehead atoms. The summed E-state index contributed by atoms with van der Waals surface area (Å²) < 4.78 is 0. The van der Waals surface area contributed by atoms with Crippen molar-refractivity contribution in [2.75, 3.05) is 18.0 Å². The van der Waals surface area contributed by atoms with E-state index < -0.39 is 0 Å². The molecule has 2 rings (SSSR count). The number of hydrogen-bond donors (Lipinski definition) is 1. The topological polar surface area (TPSA) is 49.2 Å². The van der Waals surface area contributed by atoms with E-state index in [0.29, 0.717) is 16.9 Å². The van der Waals surface area contributed by atoms with E-state index in [-0.39, 0.29) is 6.10 Å². The van der Waals surface area contributed by atoms with E-state index >= 15 is 0 Å². The summed E-state index contributed by atoms with van der Waals surface area (Å²) in [6, 6.07) is 1.66. The van der Waals surface area contributed by atoms with Gasteiger partial charge in [0.25, 0.3) is 0 Å². The lowest BCUT2D eigenvalue weighted by atomic mass is 10.3. The predicted octanol–water partition coefficient (Wildman–Crippen LogP) is 1.35. The molecule has 0 amide bonds. The molecule has 0 radical (unpaired) electrons. The van der Waals surface area contributed by atoms with Gasteiger partial charge in [0.05, 0.1) is 11.8 Å². The van der Waals surface area contributed by atoms with Gasteiger partial charge in [-0.15, -0.1) is 10.2 Å². The molecule has 0 aliphatic carbocycles. The monoisotopic (exact) mass is 233 g/mol. The van der Waals surface area contributed by atoms with E-state index in [4.69, 9.17) is 23.2 Å². The first-order valence-electron chi connectivity index (χ1n) is 4.28. The summed E-state index contributed by atoms with van der Waals surface area (Å²) in [6.45, 7) is 1.34. The van der Waals surface area contributed by atoms with Gasteiger partial charge in [-0.25, -0.2) is 0 Å². The molecule has 2 heterocycles. The first kappa shape index (κ1) is 9.96. The Morgan fingerprint density at radius 3 is 2.86 bits per heavy atom. The summed E-state index contributed by atoms with van der Waals surface area (Å²) in [5.41, 5.74) is 0.739. The summed E-state index contributed by atoms with van der Waals surface area (Å²) in [4.78, 5) is 1.95. The lowest BCUT2D eigenvalue weighted by Gasteiger charge is -2.17. The van der Waals surface area contributed by atoms with Crippen LogP contribution in [0.5, 0.6) is 0 Å². The van der Waals surface area contributed by atoms with Crippen LogP contribution in [0.4, 0.5) is 5.69 Å². The maximum Gasteiger partial charge on any atom is 0.175 e. The molecular formula is C8H9Cl2N3O. The van der Waals surface area contributed by atoms with Gasteiger partial charge in [0, 0.05) is 19.2 Å². The third-order valence-corrected chi connectivity index (χ3v) is 2.66. The van der Waals surface area contributed by atoms with Gasteiger partial charge < -0.3 is 10.0 Å². The van der Waals surface area contributed by atoms with Crippen molar-refractivity contribution < 1.29 is 5.11 Å². The Bertz CT molecular complexity index is 347. The van der Waals surface area contributed by atoms with Crippen molar-refractivity contribution in [3.63, 3.8) is 0 Å². The smallest absolute Gasteiger partial charge is 0.175 e. The number of anilines is 1. The van der Waals surface area contributed by atoms with Crippen LogP contribution in [0.1, 0.15) is 6.42 Å². The highest BCUT2D eigenvalue weighted by molar-refractivity contribution is 6.33. The molecule has 1 atom stereocenters. The van der Waals surface area contributed by atoms with Gasteiger partial charge in [0.15, 0.2) is 10.3 Å². The van der Waals surface area contributed by atoms with Crippen molar-refractivity contribution in [1.29, 1.82) is 0 Å². The Kier molecular flexibility index (Phi) is 2.76. The summed E-state index contributed by atoms with van der Waals surface area (Å²) in [6.07, 6.45) is 0.453. The number of rotatable bonds is 1. The van der Waals surface area contributed by atoms with Crippen LogP contribution in [0.25, 0.3) is 0 Å². The summed E-state index contributed by atoms with van der Waals surface area (Å²) in [5.74, 6) is 0. The molecule has 1 unspecified atom stereocenters. The number of β-amino-alcohol motifs (C(OH)–C–C–N with tert-alkyl or cyclic N) is 1. The van der Waals surface area contributed by atoms with E-state index in [1.165, 1.54) is 0 Å². The van der Waals surface area contributed by atoms with Crippen LogP contribution >= 0.6 is 23.2 Å². The maximum atomic E-state index is 9.37.